The van der Waals surface area contributed by atoms with Crippen LogP contribution in [0.25, 0.3) is 0 Å². The molecule has 2 aromatic rings. The molecule has 0 saturated carbocycles. The van der Waals surface area contributed by atoms with Crippen LogP contribution in [0.5, 0.6) is 0 Å². The fourth-order valence-corrected chi connectivity index (χ4v) is 1.38. The van der Waals surface area contributed by atoms with Gasteiger partial charge >= 0.3 is 5.97 Å². The first-order valence-corrected chi connectivity index (χ1v) is 5.98. The first kappa shape index (κ1) is 15.4. The number of carboxylic acid groups (broad SMARTS) is 1. The molecule has 0 unspecified atom stereocenters. The summed E-state index contributed by atoms with van der Waals surface area (Å²) in [5.41, 5.74) is 1.31. The Bertz CT molecular complexity index is 583. The molecule has 0 aliphatic carbocycles. The van der Waals surface area contributed by atoms with Crippen LogP contribution in [0.2, 0.25) is 0 Å². The molecule has 0 spiro atoms. The minimum Gasteiger partial charge on any atom is -0.478 e. The van der Waals surface area contributed by atoms with Crippen molar-refractivity contribution in [3.8, 4) is 0 Å². The zero-order valence-corrected chi connectivity index (χ0v) is 11.3. The molecule has 1 amide bonds. The van der Waals surface area contributed by atoms with Gasteiger partial charge in [-0.15, -0.1) is 0 Å². The number of nitrogens with one attached hydrogen (secondary N) is 1. The standard InChI is InChI=1S/C8H8N2O3.C7H8/c1-5(11)10-7-6(8(12)13)3-2-4-9-7;1-7-5-3-2-4-6-7/h2-4H,1H3,(H,12,13)(H,9,10,11);2-6H,1H3. The summed E-state index contributed by atoms with van der Waals surface area (Å²) >= 11 is 0. The van der Waals surface area contributed by atoms with Gasteiger partial charge in [0, 0.05) is 13.1 Å². The Morgan fingerprint density at radius 2 is 1.75 bits per heavy atom. The van der Waals surface area contributed by atoms with E-state index >= 15 is 0 Å². The number of pyridine rings is 1. The summed E-state index contributed by atoms with van der Waals surface area (Å²) in [6.07, 6.45) is 1.41. The maximum absolute atomic E-state index is 10.6. The Morgan fingerprint density at radius 3 is 2.20 bits per heavy atom. The summed E-state index contributed by atoms with van der Waals surface area (Å²) in [7, 11) is 0. The summed E-state index contributed by atoms with van der Waals surface area (Å²) < 4.78 is 0. The Kier molecular flexibility index (Phi) is 5.90. The van der Waals surface area contributed by atoms with Crippen molar-refractivity contribution in [3.63, 3.8) is 0 Å². The van der Waals surface area contributed by atoms with Crippen molar-refractivity contribution in [2.24, 2.45) is 0 Å². The molecule has 20 heavy (non-hydrogen) atoms. The molecule has 0 aliphatic heterocycles. The molecule has 2 N–H and O–H groups in total. The molecule has 104 valence electrons. The van der Waals surface area contributed by atoms with Crippen molar-refractivity contribution >= 4 is 17.7 Å². The molecule has 0 saturated heterocycles. The number of rotatable bonds is 2. The minimum absolute atomic E-state index is 0.0160. The number of carbonyl (C=O) groups excluding carboxylic acids is 1. The van der Waals surface area contributed by atoms with Gasteiger partial charge in [0.2, 0.25) is 5.91 Å². The van der Waals surface area contributed by atoms with E-state index in [4.69, 9.17) is 5.11 Å². The van der Waals surface area contributed by atoms with Crippen LogP contribution in [0.3, 0.4) is 0 Å². The lowest BCUT2D eigenvalue weighted by atomic mass is 10.2. The second-order valence-corrected chi connectivity index (χ2v) is 4.04. The lowest BCUT2D eigenvalue weighted by molar-refractivity contribution is -0.114. The van der Waals surface area contributed by atoms with Gasteiger partial charge in [-0.25, -0.2) is 9.78 Å². The SMILES string of the molecule is CC(=O)Nc1ncccc1C(=O)O.Cc1ccccc1. The molecule has 1 heterocycles. The molecule has 0 atom stereocenters. The number of aryl methyl sites for hydroxylation is 1. The zero-order chi connectivity index (χ0) is 15.0. The van der Waals surface area contributed by atoms with Crippen LogP contribution >= 0.6 is 0 Å². The number of anilines is 1. The highest BCUT2D eigenvalue weighted by Crippen LogP contribution is 2.10. The number of aromatic nitrogens is 1. The zero-order valence-electron chi connectivity index (χ0n) is 11.3. The van der Waals surface area contributed by atoms with E-state index in [9.17, 15) is 9.59 Å². The Labute approximate surface area is 117 Å². The lowest BCUT2D eigenvalue weighted by Crippen LogP contribution is -2.12. The molecule has 5 nitrogen and oxygen atoms in total. The number of carbonyl (C=O) groups is 2. The minimum atomic E-state index is -1.11. The third kappa shape index (κ3) is 5.30. The average molecular weight is 272 g/mol. The van der Waals surface area contributed by atoms with Crippen molar-refractivity contribution in [1.82, 2.24) is 4.98 Å². The Balaban J connectivity index is 0.000000240. The first-order chi connectivity index (χ1) is 9.50. The van der Waals surface area contributed by atoms with Gasteiger partial charge in [0.25, 0.3) is 0 Å². The summed E-state index contributed by atoms with van der Waals surface area (Å²) in [4.78, 5) is 25.0. The third-order valence-electron chi connectivity index (χ3n) is 2.27. The fraction of sp³-hybridized carbons (Fsp3) is 0.133. The predicted octanol–water partition coefficient (Wildman–Crippen LogP) is 2.73. The van der Waals surface area contributed by atoms with Gasteiger partial charge in [-0.05, 0) is 19.1 Å². The number of benzene rings is 1. The van der Waals surface area contributed by atoms with Crippen LogP contribution in [-0.2, 0) is 4.79 Å². The number of carboxylic acids is 1. The third-order valence-corrected chi connectivity index (χ3v) is 2.27. The monoisotopic (exact) mass is 272 g/mol. The molecular weight excluding hydrogens is 256 g/mol. The topological polar surface area (TPSA) is 79.3 Å². The molecule has 5 heteroatoms. The van der Waals surface area contributed by atoms with Gasteiger partial charge in [0.15, 0.2) is 0 Å². The quantitative estimate of drug-likeness (QED) is 0.881. The second kappa shape index (κ2) is 7.68. The number of aromatic carboxylic acids is 1. The van der Waals surface area contributed by atoms with Crippen molar-refractivity contribution in [2.75, 3.05) is 5.32 Å². The van der Waals surface area contributed by atoms with Crippen molar-refractivity contribution in [3.05, 3.63) is 59.8 Å². The van der Waals surface area contributed by atoms with E-state index in [-0.39, 0.29) is 17.3 Å². The molecular formula is C15H16N2O3. The number of hydrogen-bond acceptors (Lipinski definition) is 3. The van der Waals surface area contributed by atoms with Crippen molar-refractivity contribution < 1.29 is 14.7 Å². The van der Waals surface area contributed by atoms with E-state index in [1.807, 2.05) is 18.2 Å². The van der Waals surface area contributed by atoms with Crippen molar-refractivity contribution in [2.45, 2.75) is 13.8 Å². The van der Waals surface area contributed by atoms with E-state index in [1.54, 1.807) is 0 Å². The number of hydrogen-bond donors (Lipinski definition) is 2. The summed E-state index contributed by atoms with van der Waals surface area (Å²) in [5.74, 6) is -1.39. The van der Waals surface area contributed by atoms with E-state index in [1.165, 1.54) is 30.8 Å². The molecule has 1 aromatic carbocycles. The summed E-state index contributed by atoms with van der Waals surface area (Å²) in [6.45, 7) is 3.38. The Hall–Kier alpha value is -2.69. The molecule has 0 aliphatic rings. The Morgan fingerprint density at radius 1 is 1.10 bits per heavy atom. The van der Waals surface area contributed by atoms with Gasteiger partial charge in [0.05, 0.1) is 0 Å². The fourth-order valence-electron chi connectivity index (χ4n) is 1.38. The highest BCUT2D eigenvalue weighted by molar-refractivity contribution is 5.98. The molecule has 2 rings (SSSR count). The average Bonchev–Trinajstić information content (AvgIpc) is 2.40. The van der Waals surface area contributed by atoms with Gasteiger partial charge in [-0.2, -0.15) is 0 Å². The van der Waals surface area contributed by atoms with Crippen LogP contribution in [0.4, 0.5) is 5.82 Å². The number of nitrogens with zero attached hydrogens (tertiary/aromatic N) is 1. The predicted molar refractivity (Wildman–Crippen MR) is 76.7 cm³/mol. The summed E-state index contributed by atoms with van der Waals surface area (Å²) in [5, 5.41) is 11.0. The first-order valence-electron chi connectivity index (χ1n) is 5.98. The van der Waals surface area contributed by atoms with Crippen LogP contribution in [0, 0.1) is 6.92 Å². The molecule has 0 fully saturated rings. The molecule has 0 radical (unpaired) electrons. The maximum Gasteiger partial charge on any atom is 0.339 e. The molecule has 0 bridgehead atoms. The van der Waals surface area contributed by atoms with Gasteiger partial charge in [-0.3, -0.25) is 4.79 Å². The summed E-state index contributed by atoms with van der Waals surface area (Å²) in [6, 6.07) is 13.1. The van der Waals surface area contributed by atoms with Gasteiger partial charge < -0.3 is 10.4 Å². The van der Waals surface area contributed by atoms with E-state index in [0.717, 1.165) is 0 Å². The smallest absolute Gasteiger partial charge is 0.339 e. The van der Waals surface area contributed by atoms with E-state index in [0.29, 0.717) is 0 Å². The number of amides is 1. The van der Waals surface area contributed by atoms with Gasteiger partial charge in [-0.1, -0.05) is 35.9 Å². The normalized spacial score (nSPS) is 9.10. The molecule has 1 aromatic heterocycles. The van der Waals surface area contributed by atoms with Gasteiger partial charge in [0.1, 0.15) is 11.4 Å². The lowest BCUT2D eigenvalue weighted by Gasteiger charge is -2.03. The van der Waals surface area contributed by atoms with E-state index in [2.05, 4.69) is 29.4 Å². The highest BCUT2D eigenvalue weighted by atomic mass is 16.4. The second-order valence-electron chi connectivity index (χ2n) is 4.04. The van der Waals surface area contributed by atoms with Crippen LogP contribution in [-0.4, -0.2) is 22.0 Å². The highest BCUT2D eigenvalue weighted by Gasteiger charge is 2.10. The van der Waals surface area contributed by atoms with Crippen LogP contribution in [0.15, 0.2) is 48.7 Å². The van der Waals surface area contributed by atoms with Crippen LogP contribution in [0.1, 0.15) is 22.8 Å². The van der Waals surface area contributed by atoms with Crippen molar-refractivity contribution in [1.29, 1.82) is 0 Å². The van der Waals surface area contributed by atoms with Crippen LogP contribution < -0.4 is 5.32 Å². The largest absolute Gasteiger partial charge is 0.478 e. The maximum atomic E-state index is 10.6. The van der Waals surface area contributed by atoms with E-state index < -0.39 is 5.97 Å².